The lowest BCUT2D eigenvalue weighted by atomic mass is 10.1. The van der Waals surface area contributed by atoms with Crippen molar-refractivity contribution in [2.24, 2.45) is 0 Å². The van der Waals surface area contributed by atoms with Crippen LogP contribution in [-0.4, -0.2) is 38.0 Å². The zero-order valence-electron chi connectivity index (χ0n) is 14.0. The van der Waals surface area contributed by atoms with Gasteiger partial charge in [-0.15, -0.1) is 0 Å². The van der Waals surface area contributed by atoms with Crippen molar-refractivity contribution in [2.45, 2.75) is 45.3 Å². The van der Waals surface area contributed by atoms with Crippen molar-refractivity contribution < 1.29 is 18.0 Å². The van der Waals surface area contributed by atoms with Crippen LogP contribution < -0.4 is 0 Å². The first-order valence-corrected chi connectivity index (χ1v) is 8.23. The largest absolute Gasteiger partial charge is 0.433 e. The summed E-state index contributed by atoms with van der Waals surface area (Å²) in [5, 5.41) is 3.77. The van der Waals surface area contributed by atoms with Crippen LogP contribution in [-0.2, 0) is 6.18 Å². The smallest absolute Gasteiger partial charge is 0.328 e. The second-order valence-electron chi connectivity index (χ2n) is 6.17. The molecule has 0 bridgehead atoms. The van der Waals surface area contributed by atoms with E-state index in [1.165, 1.54) is 13.1 Å². The van der Waals surface area contributed by atoms with E-state index in [9.17, 15) is 18.0 Å². The minimum Gasteiger partial charge on any atom is -0.328 e. The first kappa shape index (κ1) is 17.4. The average molecular weight is 352 g/mol. The Hall–Kier alpha value is -2.38. The van der Waals surface area contributed by atoms with Gasteiger partial charge < -0.3 is 4.90 Å². The van der Waals surface area contributed by atoms with Crippen molar-refractivity contribution in [3.8, 4) is 0 Å². The standard InChI is InChI=1S/C17H19F3N4O/c1-3-4-6-12-7-5-8-23(12)16(25)13-10-21-24-14(17(18,19)20)9-11(2)22-15(13)24/h5,7,9-10,12H,3-4,6,8H2,1-2H3. The molecule has 3 rings (SSSR count). The Labute approximate surface area is 143 Å². The molecular weight excluding hydrogens is 333 g/mol. The molecule has 25 heavy (non-hydrogen) atoms. The van der Waals surface area contributed by atoms with Gasteiger partial charge in [-0.2, -0.15) is 18.3 Å². The van der Waals surface area contributed by atoms with Gasteiger partial charge in [0.15, 0.2) is 5.65 Å². The summed E-state index contributed by atoms with van der Waals surface area (Å²) in [7, 11) is 0. The summed E-state index contributed by atoms with van der Waals surface area (Å²) < 4.78 is 40.3. The normalized spacial score (nSPS) is 17.6. The predicted octanol–water partition coefficient (Wildman–Crippen LogP) is 3.63. The summed E-state index contributed by atoms with van der Waals surface area (Å²) >= 11 is 0. The fourth-order valence-corrected chi connectivity index (χ4v) is 3.06. The number of halogens is 3. The quantitative estimate of drug-likeness (QED) is 0.790. The molecule has 8 heteroatoms. The van der Waals surface area contributed by atoms with Crippen LogP contribution in [0.3, 0.4) is 0 Å². The number of carbonyl (C=O) groups is 1. The van der Waals surface area contributed by atoms with Gasteiger partial charge in [0.1, 0.15) is 11.3 Å². The molecule has 2 aromatic heterocycles. The van der Waals surface area contributed by atoms with E-state index in [2.05, 4.69) is 17.0 Å². The van der Waals surface area contributed by atoms with Crippen LogP contribution in [0, 0.1) is 6.92 Å². The number of nitrogens with zero attached hydrogens (tertiary/aromatic N) is 4. The molecule has 0 aliphatic carbocycles. The Kier molecular flexibility index (Phi) is 4.53. The molecule has 3 heterocycles. The molecular formula is C17H19F3N4O. The molecule has 0 aromatic carbocycles. The van der Waals surface area contributed by atoms with Gasteiger partial charge in [0.2, 0.25) is 0 Å². The third-order valence-electron chi connectivity index (χ3n) is 4.30. The van der Waals surface area contributed by atoms with Gasteiger partial charge in [0, 0.05) is 12.2 Å². The SMILES string of the molecule is CCCCC1C=CCN1C(=O)c1cnn2c(C(F)(F)F)cc(C)nc12. The van der Waals surface area contributed by atoms with Crippen molar-refractivity contribution in [1.82, 2.24) is 19.5 Å². The number of carbonyl (C=O) groups excluding carboxylic acids is 1. The number of aromatic nitrogens is 3. The fourth-order valence-electron chi connectivity index (χ4n) is 3.06. The van der Waals surface area contributed by atoms with Crippen LogP contribution in [0.15, 0.2) is 24.4 Å². The van der Waals surface area contributed by atoms with Gasteiger partial charge in [0.25, 0.3) is 5.91 Å². The zero-order valence-corrected chi connectivity index (χ0v) is 14.0. The summed E-state index contributed by atoms with van der Waals surface area (Å²) in [5.74, 6) is -0.340. The number of alkyl halides is 3. The lowest BCUT2D eigenvalue weighted by molar-refractivity contribution is -0.142. The summed E-state index contributed by atoms with van der Waals surface area (Å²) in [6.45, 7) is 3.99. The molecule has 2 aromatic rings. The van der Waals surface area contributed by atoms with Crippen LogP contribution in [0.4, 0.5) is 13.2 Å². The van der Waals surface area contributed by atoms with Gasteiger partial charge in [-0.05, 0) is 19.4 Å². The van der Waals surface area contributed by atoms with Crippen LogP contribution in [0.25, 0.3) is 5.65 Å². The molecule has 1 unspecified atom stereocenters. The van der Waals surface area contributed by atoms with Gasteiger partial charge in [-0.25, -0.2) is 9.50 Å². The zero-order chi connectivity index (χ0) is 18.2. The maximum Gasteiger partial charge on any atom is 0.433 e. The Balaban J connectivity index is 1.99. The van der Waals surface area contributed by atoms with Crippen LogP contribution in [0.1, 0.15) is 47.9 Å². The maximum absolute atomic E-state index is 13.2. The highest BCUT2D eigenvalue weighted by molar-refractivity contribution is 6.00. The van der Waals surface area contributed by atoms with Crippen molar-refractivity contribution in [3.63, 3.8) is 0 Å². The van der Waals surface area contributed by atoms with Crippen molar-refractivity contribution in [3.05, 3.63) is 41.4 Å². The van der Waals surface area contributed by atoms with Crippen molar-refractivity contribution in [2.75, 3.05) is 6.54 Å². The third kappa shape index (κ3) is 3.25. The average Bonchev–Trinajstić information content (AvgIpc) is 3.17. The lowest BCUT2D eigenvalue weighted by Gasteiger charge is -2.24. The maximum atomic E-state index is 13.2. The third-order valence-corrected chi connectivity index (χ3v) is 4.30. The fraction of sp³-hybridized carbons (Fsp3) is 0.471. The number of unbranched alkanes of at least 4 members (excludes halogenated alkanes) is 1. The molecule has 1 amide bonds. The molecule has 0 radical (unpaired) electrons. The van der Waals surface area contributed by atoms with Gasteiger partial charge in [-0.1, -0.05) is 31.9 Å². The topological polar surface area (TPSA) is 50.5 Å². The molecule has 5 nitrogen and oxygen atoms in total. The number of fused-ring (bicyclic) bond motifs is 1. The molecule has 1 atom stereocenters. The number of rotatable bonds is 4. The molecule has 0 fully saturated rings. The molecule has 1 aliphatic rings. The number of hydrogen-bond acceptors (Lipinski definition) is 3. The summed E-state index contributed by atoms with van der Waals surface area (Å²) in [6, 6.07) is 0.893. The van der Waals surface area contributed by atoms with E-state index in [4.69, 9.17) is 0 Å². The minimum atomic E-state index is -4.57. The van der Waals surface area contributed by atoms with Gasteiger partial charge >= 0.3 is 6.18 Å². The molecule has 0 saturated heterocycles. The highest BCUT2D eigenvalue weighted by atomic mass is 19.4. The van der Waals surface area contributed by atoms with Gasteiger partial charge in [-0.3, -0.25) is 4.79 Å². The van der Waals surface area contributed by atoms with Gasteiger partial charge in [0.05, 0.1) is 12.2 Å². The Morgan fingerprint density at radius 1 is 1.40 bits per heavy atom. The van der Waals surface area contributed by atoms with Crippen LogP contribution >= 0.6 is 0 Å². The molecule has 0 N–H and O–H groups in total. The number of hydrogen-bond donors (Lipinski definition) is 0. The summed E-state index contributed by atoms with van der Waals surface area (Å²) in [6.07, 6.45) is 3.30. The Bertz CT molecular complexity index is 825. The van der Waals surface area contributed by atoms with Crippen LogP contribution in [0.2, 0.25) is 0 Å². The first-order valence-electron chi connectivity index (χ1n) is 8.23. The number of aryl methyl sites for hydroxylation is 1. The van der Waals surface area contributed by atoms with E-state index >= 15 is 0 Å². The molecule has 1 aliphatic heterocycles. The highest BCUT2D eigenvalue weighted by Gasteiger charge is 2.36. The molecule has 134 valence electrons. The molecule has 0 spiro atoms. The first-order chi connectivity index (χ1) is 11.8. The number of amides is 1. The van der Waals surface area contributed by atoms with E-state index in [0.29, 0.717) is 11.1 Å². The van der Waals surface area contributed by atoms with E-state index < -0.39 is 11.9 Å². The lowest BCUT2D eigenvalue weighted by Crippen LogP contribution is -2.36. The van der Waals surface area contributed by atoms with E-state index in [1.807, 2.05) is 12.2 Å². The Morgan fingerprint density at radius 2 is 2.16 bits per heavy atom. The monoisotopic (exact) mass is 352 g/mol. The summed E-state index contributed by atoms with van der Waals surface area (Å²) in [4.78, 5) is 18.7. The Morgan fingerprint density at radius 3 is 2.84 bits per heavy atom. The van der Waals surface area contributed by atoms with E-state index in [0.717, 1.165) is 25.3 Å². The molecule has 0 saturated carbocycles. The van der Waals surface area contributed by atoms with E-state index in [-0.39, 0.29) is 28.9 Å². The van der Waals surface area contributed by atoms with Crippen molar-refractivity contribution >= 4 is 11.6 Å². The minimum absolute atomic E-state index is 0.0331. The van der Waals surface area contributed by atoms with E-state index in [1.54, 1.807) is 4.90 Å². The predicted molar refractivity (Wildman–Crippen MR) is 86.2 cm³/mol. The van der Waals surface area contributed by atoms with Crippen molar-refractivity contribution in [1.29, 1.82) is 0 Å². The second-order valence-corrected chi connectivity index (χ2v) is 6.17. The highest BCUT2D eigenvalue weighted by Crippen LogP contribution is 2.30. The summed E-state index contributed by atoms with van der Waals surface area (Å²) in [5.41, 5.74) is -0.703. The second kappa shape index (κ2) is 6.50. The van der Waals surface area contributed by atoms with Crippen LogP contribution in [0.5, 0.6) is 0 Å².